The molecule has 5 rings (SSSR count). The largest absolute Gasteiger partial charge is 0.573 e. The SMILES string of the molecule is CNC(=O)c1ccc2c(c1C)CC[C@@H]2NC(=O)c1cc(C(=O)NCc2ccc(F)c(OC(F)(F)F)c2)nc2ncnn12. The van der Waals surface area contributed by atoms with Crippen LogP contribution in [-0.4, -0.2) is 50.7 Å². The Balaban J connectivity index is 1.34. The standard InChI is InChI=1S/C27H23F4N7O4/c1-13-15-6-8-19(17(15)5-4-16(13)23(39)32-2)36-25(41)21-10-20(37-26-34-12-35-38(21)26)24(40)33-11-14-3-7-18(28)22(9-14)42-27(29,30)31/h3-5,7,9-10,12,19H,6,8,11H2,1-2H3,(H,32,39)(H,33,40)(H,36,41)/t19-/m0/s1. The van der Waals surface area contributed by atoms with Gasteiger partial charge in [0.1, 0.15) is 17.7 Å². The summed E-state index contributed by atoms with van der Waals surface area (Å²) in [5.41, 5.74) is 3.14. The first kappa shape index (κ1) is 28.4. The normalized spacial score (nSPS) is 14.4. The number of fused-ring (bicyclic) bond motifs is 2. The Hall–Kier alpha value is -5.08. The molecule has 2 aromatic carbocycles. The first-order valence-electron chi connectivity index (χ1n) is 12.6. The van der Waals surface area contributed by atoms with Gasteiger partial charge in [-0.25, -0.2) is 9.37 Å². The van der Waals surface area contributed by atoms with Crippen LogP contribution in [0.4, 0.5) is 17.6 Å². The summed E-state index contributed by atoms with van der Waals surface area (Å²) < 4.78 is 56.2. The average molecular weight is 586 g/mol. The molecule has 2 heterocycles. The number of ether oxygens (including phenoxy) is 1. The minimum Gasteiger partial charge on any atom is -0.403 e. The van der Waals surface area contributed by atoms with Gasteiger partial charge in [0.25, 0.3) is 23.5 Å². The molecule has 0 saturated heterocycles. The molecule has 3 N–H and O–H groups in total. The van der Waals surface area contributed by atoms with Gasteiger partial charge in [0.2, 0.25) is 0 Å². The number of amides is 3. The third-order valence-electron chi connectivity index (χ3n) is 6.86. The summed E-state index contributed by atoms with van der Waals surface area (Å²) in [5, 5.41) is 12.1. The minimum absolute atomic E-state index is 0.0301. The Labute approximate surface area is 235 Å². The monoisotopic (exact) mass is 585 g/mol. The molecular formula is C27H23F4N7O4. The van der Waals surface area contributed by atoms with Crippen LogP contribution < -0.4 is 20.7 Å². The molecule has 3 amide bonds. The van der Waals surface area contributed by atoms with Crippen molar-refractivity contribution < 1.29 is 36.7 Å². The molecule has 0 saturated carbocycles. The molecule has 15 heteroatoms. The number of hydrogen-bond donors (Lipinski definition) is 3. The summed E-state index contributed by atoms with van der Waals surface area (Å²) in [6.45, 7) is 1.57. The van der Waals surface area contributed by atoms with Crippen LogP contribution in [0.3, 0.4) is 0 Å². The third kappa shape index (κ3) is 5.70. The number of halogens is 4. The van der Waals surface area contributed by atoms with Gasteiger partial charge in [-0.05, 0) is 60.2 Å². The lowest BCUT2D eigenvalue weighted by Crippen LogP contribution is -2.31. The Morgan fingerprint density at radius 3 is 2.62 bits per heavy atom. The number of rotatable bonds is 7. The van der Waals surface area contributed by atoms with Gasteiger partial charge in [-0.1, -0.05) is 12.1 Å². The number of benzene rings is 2. The molecule has 1 aliphatic rings. The number of carbonyl (C=O) groups excluding carboxylic acids is 3. The van der Waals surface area contributed by atoms with Gasteiger partial charge in [-0.2, -0.15) is 14.6 Å². The van der Waals surface area contributed by atoms with Crippen molar-refractivity contribution in [3.05, 3.63) is 87.7 Å². The molecule has 218 valence electrons. The maximum absolute atomic E-state index is 13.7. The summed E-state index contributed by atoms with van der Waals surface area (Å²) in [6, 6.07) is 7.16. The molecule has 0 fully saturated rings. The molecule has 0 radical (unpaired) electrons. The third-order valence-corrected chi connectivity index (χ3v) is 6.86. The fraction of sp³-hybridized carbons (Fsp3) is 0.259. The van der Waals surface area contributed by atoms with Crippen LogP contribution in [0.1, 0.15) is 66.1 Å². The van der Waals surface area contributed by atoms with Gasteiger partial charge >= 0.3 is 6.36 Å². The summed E-state index contributed by atoms with van der Waals surface area (Å²) >= 11 is 0. The lowest BCUT2D eigenvalue weighted by molar-refractivity contribution is -0.275. The van der Waals surface area contributed by atoms with Crippen molar-refractivity contribution in [2.45, 2.75) is 38.7 Å². The summed E-state index contributed by atoms with van der Waals surface area (Å²) in [4.78, 5) is 46.6. The molecule has 42 heavy (non-hydrogen) atoms. The minimum atomic E-state index is -5.09. The number of carbonyl (C=O) groups is 3. The number of nitrogens with zero attached hydrogens (tertiary/aromatic N) is 4. The van der Waals surface area contributed by atoms with Crippen molar-refractivity contribution in [2.75, 3.05) is 7.05 Å². The van der Waals surface area contributed by atoms with E-state index in [2.05, 4.69) is 35.8 Å². The number of hydrogen-bond acceptors (Lipinski definition) is 7. The van der Waals surface area contributed by atoms with E-state index < -0.39 is 29.7 Å². The molecule has 0 aliphatic heterocycles. The van der Waals surface area contributed by atoms with Crippen LogP contribution in [0.2, 0.25) is 0 Å². The summed E-state index contributed by atoms with van der Waals surface area (Å²) in [7, 11) is 1.55. The molecule has 0 bridgehead atoms. The van der Waals surface area contributed by atoms with E-state index in [4.69, 9.17) is 0 Å². The van der Waals surface area contributed by atoms with Crippen LogP contribution in [0, 0.1) is 12.7 Å². The lowest BCUT2D eigenvalue weighted by Gasteiger charge is -2.16. The second-order valence-corrected chi connectivity index (χ2v) is 9.44. The van der Waals surface area contributed by atoms with Crippen LogP contribution in [0.25, 0.3) is 5.78 Å². The van der Waals surface area contributed by atoms with Crippen molar-refractivity contribution in [2.24, 2.45) is 0 Å². The van der Waals surface area contributed by atoms with Crippen molar-refractivity contribution in [1.82, 2.24) is 35.5 Å². The van der Waals surface area contributed by atoms with Crippen LogP contribution in [0.5, 0.6) is 5.75 Å². The molecule has 0 unspecified atom stereocenters. The lowest BCUT2D eigenvalue weighted by atomic mass is 9.97. The Bertz CT molecular complexity index is 1720. The van der Waals surface area contributed by atoms with E-state index >= 15 is 0 Å². The van der Waals surface area contributed by atoms with E-state index in [-0.39, 0.29) is 41.2 Å². The summed E-state index contributed by atoms with van der Waals surface area (Å²) in [5.74, 6) is -3.81. The van der Waals surface area contributed by atoms with E-state index in [0.29, 0.717) is 18.4 Å². The van der Waals surface area contributed by atoms with Crippen LogP contribution in [-0.2, 0) is 13.0 Å². The highest BCUT2D eigenvalue weighted by Crippen LogP contribution is 2.35. The number of aromatic nitrogens is 4. The van der Waals surface area contributed by atoms with Crippen molar-refractivity contribution in [3.8, 4) is 5.75 Å². The van der Waals surface area contributed by atoms with Crippen LogP contribution in [0.15, 0.2) is 42.7 Å². The first-order valence-corrected chi connectivity index (χ1v) is 12.6. The van der Waals surface area contributed by atoms with Gasteiger partial charge < -0.3 is 20.7 Å². The van der Waals surface area contributed by atoms with Crippen LogP contribution >= 0.6 is 0 Å². The zero-order valence-corrected chi connectivity index (χ0v) is 22.2. The second-order valence-electron chi connectivity index (χ2n) is 9.44. The average Bonchev–Trinajstić information content (AvgIpc) is 3.59. The van der Waals surface area contributed by atoms with Gasteiger partial charge in [0.15, 0.2) is 11.6 Å². The summed E-state index contributed by atoms with van der Waals surface area (Å²) in [6.07, 6.45) is -2.68. The Morgan fingerprint density at radius 2 is 1.88 bits per heavy atom. The van der Waals surface area contributed by atoms with E-state index in [1.807, 2.05) is 13.0 Å². The Kier molecular flexibility index (Phi) is 7.49. The number of nitrogens with one attached hydrogen (secondary N) is 3. The fourth-order valence-corrected chi connectivity index (χ4v) is 4.87. The maximum Gasteiger partial charge on any atom is 0.573 e. The van der Waals surface area contributed by atoms with E-state index in [1.165, 1.54) is 16.6 Å². The molecule has 2 aromatic heterocycles. The zero-order chi connectivity index (χ0) is 30.2. The predicted octanol–water partition coefficient (Wildman–Crippen LogP) is 3.18. The first-order chi connectivity index (χ1) is 19.9. The molecule has 4 aromatic rings. The van der Waals surface area contributed by atoms with Gasteiger partial charge in [-0.15, -0.1) is 13.2 Å². The van der Waals surface area contributed by atoms with Gasteiger partial charge in [0, 0.05) is 25.2 Å². The highest BCUT2D eigenvalue weighted by molar-refractivity contribution is 5.98. The molecule has 11 nitrogen and oxygen atoms in total. The van der Waals surface area contributed by atoms with Crippen molar-refractivity contribution >= 4 is 23.5 Å². The second kappa shape index (κ2) is 11.1. The maximum atomic E-state index is 13.7. The molecule has 0 spiro atoms. The predicted molar refractivity (Wildman–Crippen MR) is 138 cm³/mol. The quantitative estimate of drug-likeness (QED) is 0.283. The van der Waals surface area contributed by atoms with Crippen molar-refractivity contribution in [3.63, 3.8) is 0 Å². The van der Waals surface area contributed by atoms with E-state index in [1.54, 1.807) is 13.1 Å². The van der Waals surface area contributed by atoms with E-state index in [9.17, 15) is 31.9 Å². The fourth-order valence-electron chi connectivity index (χ4n) is 4.87. The highest BCUT2D eigenvalue weighted by Gasteiger charge is 2.32. The molecule has 1 atom stereocenters. The number of alkyl halides is 3. The molecular weight excluding hydrogens is 562 g/mol. The zero-order valence-electron chi connectivity index (χ0n) is 22.2. The topological polar surface area (TPSA) is 140 Å². The van der Waals surface area contributed by atoms with E-state index in [0.717, 1.165) is 35.2 Å². The smallest absolute Gasteiger partial charge is 0.403 e. The molecule has 1 aliphatic carbocycles. The highest BCUT2D eigenvalue weighted by atomic mass is 19.4. The van der Waals surface area contributed by atoms with Gasteiger partial charge in [-0.3, -0.25) is 14.4 Å². The van der Waals surface area contributed by atoms with Crippen molar-refractivity contribution in [1.29, 1.82) is 0 Å². The Morgan fingerprint density at radius 1 is 1.10 bits per heavy atom. The van der Waals surface area contributed by atoms with Gasteiger partial charge in [0.05, 0.1) is 6.04 Å².